The van der Waals surface area contributed by atoms with Gasteiger partial charge in [0.1, 0.15) is 0 Å². The standard InChI is InChI=1S/C27H25ClN2O3/c1-17(19-7-9-20(10-8-19)26(32)33)29-25(31)22-3-2-4-23-24(22)30(16-27(23)13-14-27)15-18-5-11-21(28)12-6-18/h2-12,17H,13-16H2,1H3,(H,29,31)(H,32,33)/t17-/m0/s1. The van der Waals surface area contributed by atoms with E-state index in [1.54, 1.807) is 24.3 Å². The summed E-state index contributed by atoms with van der Waals surface area (Å²) in [7, 11) is 0. The van der Waals surface area contributed by atoms with Gasteiger partial charge in [-0.15, -0.1) is 0 Å². The number of carboxylic acids is 1. The second-order valence-electron chi connectivity index (χ2n) is 9.09. The highest BCUT2D eigenvalue weighted by atomic mass is 35.5. The maximum Gasteiger partial charge on any atom is 0.335 e. The molecule has 0 aromatic heterocycles. The molecule has 1 amide bonds. The normalized spacial score (nSPS) is 16.4. The molecule has 5 rings (SSSR count). The summed E-state index contributed by atoms with van der Waals surface area (Å²) in [5, 5.41) is 12.9. The third kappa shape index (κ3) is 4.09. The second kappa shape index (κ2) is 8.23. The van der Waals surface area contributed by atoms with E-state index in [1.807, 2.05) is 43.3 Å². The topological polar surface area (TPSA) is 69.6 Å². The smallest absolute Gasteiger partial charge is 0.335 e. The van der Waals surface area contributed by atoms with Crippen molar-refractivity contribution in [2.24, 2.45) is 0 Å². The van der Waals surface area contributed by atoms with Crippen LogP contribution in [0.2, 0.25) is 5.02 Å². The molecule has 33 heavy (non-hydrogen) atoms. The van der Waals surface area contributed by atoms with E-state index in [2.05, 4.69) is 16.3 Å². The van der Waals surface area contributed by atoms with Crippen LogP contribution in [-0.2, 0) is 12.0 Å². The first-order valence-electron chi connectivity index (χ1n) is 11.1. The van der Waals surface area contributed by atoms with Gasteiger partial charge in [-0.3, -0.25) is 4.79 Å². The van der Waals surface area contributed by atoms with Gasteiger partial charge in [0.15, 0.2) is 0 Å². The predicted octanol–water partition coefficient (Wildman–Crippen LogP) is 5.58. The Labute approximate surface area is 198 Å². The van der Waals surface area contributed by atoms with Crippen LogP contribution in [0.15, 0.2) is 66.7 Å². The van der Waals surface area contributed by atoms with E-state index in [-0.39, 0.29) is 22.9 Å². The minimum atomic E-state index is -0.965. The molecule has 1 aliphatic heterocycles. The fourth-order valence-corrected chi connectivity index (χ4v) is 4.95. The van der Waals surface area contributed by atoms with Gasteiger partial charge >= 0.3 is 5.97 Å². The number of halogens is 1. The summed E-state index contributed by atoms with van der Waals surface area (Å²) in [6.07, 6.45) is 2.29. The van der Waals surface area contributed by atoms with Crippen molar-refractivity contribution in [3.63, 3.8) is 0 Å². The number of amides is 1. The SMILES string of the molecule is C[C@H](NC(=O)c1cccc2c1N(Cc1ccc(Cl)cc1)CC21CC1)c1ccc(C(=O)O)cc1. The van der Waals surface area contributed by atoms with Crippen molar-refractivity contribution < 1.29 is 14.7 Å². The first-order valence-corrected chi connectivity index (χ1v) is 11.5. The molecular formula is C27H25ClN2O3. The highest BCUT2D eigenvalue weighted by Crippen LogP contribution is 2.57. The Morgan fingerprint density at radius 3 is 2.39 bits per heavy atom. The zero-order chi connectivity index (χ0) is 23.2. The molecule has 1 spiro atoms. The molecule has 2 N–H and O–H groups in total. The molecule has 1 aliphatic carbocycles. The number of carbonyl (C=O) groups is 2. The molecule has 0 saturated heterocycles. The molecule has 6 heteroatoms. The van der Waals surface area contributed by atoms with Gasteiger partial charge in [-0.25, -0.2) is 4.79 Å². The zero-order valence-corrected chi connectivity index (χ0v) is 19.1. The van der Waals surface area contributed by atoms with Crippen LogP contribution in [0.3, 0.4) is 0 Å². The Bertz CT molecular complexity index is 1220. The molecule has 2 aliphatic rings. The van der Waals surface area contributed by atoms with Gasteiger partial charge in [-0.2, -0.15) is 0 Å². The van der Waals surface area contributed by atoms with Gasteiger partial charge in [-0.1, -0.05) is 48.0 Å². The van der Waals surface area contributed by atoms with E-state index >= 15 is 0 Å². The van der Waals surface area contributed by atoms with Crippen LogP contribution in [0.1, 0.15) is 63.2 Å². The number of hydrogen-bond acceptors (Lipinski definition) is 3. The number of carboxylic acid groups (broad SMARTS) is 1. The van der Waals surface area contributed by atoms with Crippen molar-refractivity contribution in [1.82, 2.24) is 5.32 Å². The molecule has 1 atom stereocenters. The summed E-state index contributed by atoms with van der Waals surface area (Å²) >= 11 is 6.06. The number of para-hydroxylation sites is 1. The highest BCUT2D eigenvalue weighted by molar-refractivity contribution is 6.30. The average molecular weight is 461 g/mol. The van der Waals surface area contributed by atoms with E-state index in [9.17, 15) is 9.59 Å². The Kier molecular flexibility index (Phi) is 5.37. The number of nitrogens with zero attached hydrogens (tertiary/aromatic N) is 1. The van der Waals surface area contributed by atoms with E-state index in [0.29, 0.717) is 10.6 Å². The number of benzene rings is 3. The van der Waals surface area contributed by atoms with Crippen LogP contribution in [0, 0.1) is 0 Å². The lowest BCUT2D eigenvalue weighted by Gasteiger charge is -2.23. The van der Waals surface area contributed by atoms with E-state index in [1.165, 1.54) is 5.56 Å². The Morgan fingerprint density at radius 1 is 1.06 bits per heavy atom. The molecule has 3 aromatic carbocycles. The number of anilines is 1. The summed E-state index contributed by atoms with van der Waals surface area (Å²) in [6.45, 7) is 3.55. The van der Waals surface area contributed by atoms with Crippen molar-refractivity contribution in [2.75, 3.05) is 11.4 Å². The lowest BCUT2D eigenvalue weighted by molar-refractivity contribution is 0.0696. The fraction of sp³-hybridized carbons (Fsp3) is 0.259. The van der Waals surface area contributed by atoms with Crippen LogP contribution in [0.5, 0.6) is 0 Å². The Hall–Kier alpha value is -3.31. The zero-order valence-electron chi connectivity index (χ0n) is 18.3. The largest absolute Gasteiger partial charge is 0.478 e. The monoisotopic (exact) mass is 460 g/mol. The van der Waals surface area contributed by atoms with Gasteiger partial charge < -0.3 is 15.3 Å². The first-order chi connectivity index (χ1) is 15.9. The summed E-state index contributed by atoms with van der Waals surface area (Å²) in [5.41, 5.74) is 5.38. The van der Waals surface area contributed by atoms with Crippen LogP contribution >= 0.6 is 11.6 Å². The van der Waals surface area contributed by atoms with Gasteiger partial charge in [0.05, 0.1) is 22.9 Å². The first kappa shape index (κ1) is 21.5. The van der Waals surface area contributed by atoms with Gasteiger partial charge in [-0.05, 0) is 66.8 Å². The number of fused-ring (bicyclic) bond motifs is 2. The van der Waals surface area contributed by atoms with E-state index in [0.717, 1.165) is 42.7 Å². The quantitative estimate of drug-likeness (QED) is 0.503. The van der Waals surface area contributed by atoms with Crippen LogP contribution in [0.25, 0.3) is 0 Å². The maximum absolute atomic E-state index is 13.4. The minimum Gasteiger partial charge on any atom is -0.478 e. The number of nitrogens with one attached hydrogen (secondary N) is 1. The number of rotatable bonds is 6. The van der Waals surface area contributed by atoms with Crippen LogP contribution < -0.4 is 10.2 Å². The highest BCUT2D eigenvalue weighted by Gasteiger charge is 2.52. The summed E-state index contributed by atoms with van der Waals surface area (Å²) in [4.78, 5) is 26.8. The maximum atomic E-state index is 13.4. The molecule has 1 heterocycles. The third-order valence-electron chi connectivity index (χ3n) is 6.81. The molecular weight excluding hydrogens is 436 g/mol. The molecule has 5 nitrogen and oxygen atoms in total. The summed E-state index contributed by atoms with van der Waals surface area (Å²) in [5.74, 6) is -1.09. The van der Waals surface area contributed by atoms with Crippen molar-refractivity contribution in [3.05, 3.63) is 99.6 Å². The van der Waals surface area contributed by atoms with Crippen LogP contribution in [-0.4, -0.2) is 23.5 Å². The number of carbonyl (C=O) groups excluding carboxylic acids is 1. The molecule has 1 saturated carbocycles. The average Bonchev–Trinajstić information content (AvgIpc) is 3.53. The molecule has 1 fully saturated rings. The van der Waals surface area contributed by atoms with Gasteiger partial charge in [0.25, 0.3) is 5.91 Å². The van der Waals surface area contributed by atoms with Crippen molar-refractivity contribution >= 4 is 29.2 Å². The summed E-state index contributed by atoms with van der Waals surface area (Å²) in [6, 6.07) is 20.3. The van der Waals surface area contributed by atoms with Crippen LogP contribution in [0.4, 0.5) is 5.69 Å². The number of aromatic carboxylic acids is 1. The van der Waals surface area contributed by atoms with E-state index < -0.39 is 5.97 Å². The van der Waals surface area contributed by atoms with E-state index in [4.69, 9.17) is 16.7 Å². The fourth-order valence-electron chi connectivity index (χ4n) is 4.82. The van der Waals surface area contributed by atoms with Crippen molar-refractivity contribution in [3.8, 4) is 0 Å². The third-order valence-corrected chi connectivity index (χ3v) is 7.06. The van der Waals surface area contributed by atoms with Gasteiger partial charge in [0, 0.05) is 23.5 Å². The molecule has 0 radical (unpaired) electrons. The Balaban J connectivity index is 1.41. The summed E-state index contributed by atoms with van der Waals surface area (Å²) < 4.78 is 0. The molecule has 3 aromatic rings. The Morgan fingerprint density at radius 2 is 1.76 bits per heavy atom. The lowest BCUT2D eigenvalue weighted by atomic mass is 9.96. The molecule has 168 valence electrons. The molecule has 0 bridgehead atoms. The van der Waals surface area contributed by atoms with Gasteiger partial charge in [0.2, 0.25) is 0 Å². The predicted molar refractivity (Wildman–Crippen MR) is 129 cm³/mol. The van der Waals surface area contributed by atoms with Crippen molar-refractivity contribution in [1.29, 1.82) is 0 Å². The minimum absolute atomic E-state index is 0.125. The lowest BCUT2D eigenvalue weighted by Crippen LogP contribution is -2.29. The van der Waals surface area contributed by atoms with Crippen molar-refractivity contribution in [2.45, 2.75) is 37.8 Å². The molecule has 0 unspecified atom stereocenters. The second-order valence-corrected chi connectivity index (χ2v) is 9.52. The number of hydrogen-bond donors (Lipinski definition) is 2.